The van der Waals surface area contributed by atoms with Crippen LogP contribution < -0.4 is 10.6 Å². The van der Waals surface area contributed by atoms with Gasteiger partial charge in [-0.3, -0.25) is 14.4 Å². The number of carbonyl (C=O) groups is 3. The number of hydrogen-bond acceptors (Lipinski definition) is 3. The molecule has 20 heavy (non-hydrogen) atoms. The quantitative estimate of drug-likeness (QED) is 0.838. The van der Waals surface area contributed by atoms with E-state index in [2.05, 4.69) is 0 Å². The lowest BCUT2D eigenvalue weighted by atomic mass is 9.81. The summed E-state index contributed by atoms with van der Waals surface area (Å²) in [6.45, 7) is 3.83. The Labute approximate surface area is 117 Å². The predicted octanol–water partition coefficient (Wildman–Crippen LogP) is 1.27. The number of amides is 3. The molecule has 5 heteroatoms. The van der Waals surface area contributed by atoms with Crippen LogP contribution in [-0.2, 0) is 19.8 Å². The Kier molecular flexibility index (Phi) is 3.44. The monoisotopic (exact) mass is 272 g/mol. The van der Waals surface area contributed by atoms with Crippen LogP contribution in [0.1, 0.15) is 25.8 Å². The highest BCUT2D eigenvalue weighted by molar-refractivity contribution is 6.28. The first-order valence-electron chi connectivity index (χ1n) is 6.26. The molecule has 1 aliphatic heterocycles. The number of nitrogens with two attached hydrogens (primary N) is 1. The van der Waals surface area contributed by atoms with E-state index < -0.39 is 0 Å². The lowest BCUT2D eigenvalue weighted by Crippen LogP contribution is -2.30. The van der Waals surface area contributed by atoms with Gasteiger partial charge in [-0.25, -0.2) is 4.90 Å². The van der Waals surface area contributed by atoms with Crippen molar-refractivity contribution in [2.75, 3.05) is 4.90 Å². The maximum absolute atomic E-state index is 11.6. The van der Waals surface area contributed by atoms with Crippen LogP contribution in [0.4, 0.5) is 5.69 Å². The molecular weight excluding hydrogens is 256 g/mol. The molecular formula is C15H16N2O3. The lowest BCUT2D eigenvalue weighted by Gasteiger charge is -2.24. The van der Waals surface area contributed by atoms with E-state index in [4.69, 9.17) is 5.73 Å². The zero-order valence-corrected chi connectivity index (χ0v) is 11.4. The summed E-state index contributed by atoms with van der Waals surface area (Å²) in [5.74, 6) is -1.06. The molecule has 104 valence electrons. The van der Waals surface area contributed by atoms with Crippen molar-refractivity contribution in [3.63, 3.8) is 0 Å². The Morgan fingerprint density at radius 1 is 1.10 bits per heavy atom. The predicted molar refractivity (Wildman–Crippen MR) is 74.9 cm³/mol. The van der Waals surface area contributed by atoms with Gasteiger partial charge in [0.05, 0.1) is 5.69 Å². The Bertz CT molecular complexity index is 582. The topological polar surface area (TPSA) is 80.5 Å². The first-order chi connectivity index (χ1) is 9.31. The van der Waals surface area contributed by atoms with E-state index >= 15 is 0 Å². The van der Waals surface area contributed by atoms with Crippen LogP contribution in [-0.4, -0.2) is 17.7 Å². The number of primary amides is 1. The van der Waals surface area contributed by atoms with Crippen LogP contribution in [0.5, 0.6) is 0 Å². The third kappa shape index (κ3) is 2.61. The Balaban J connectivity index is 2.25. The highest BCUT2D eigenvalue weighted by atomic mass is 16.2. The van der Waals surface area contributed by atoms with E-state index in [9.17, 15) is 14.4 Å². The molecule has 0 spiro atoms. The van der Waals surface area contributed by atoms with Gasteiger partial charge in [0, 0.05) is 18.6 Å². The average molecular weight is 272 g/mol. The fourth-order valence-electron chi connectivity index (χ4n) is 2.25. The maximum atomic E-state index is 11.6. The molecule has 0 fully saturated rings. The Morgan fingerprint density at radius 3 is 2.05 bits per heavy atom. The van der Waals surface area contributed by atoms with Crippen LogP contribution in [0, 0.1) is 0 Å². The van der Waals surface area contributed by atoms with E-state index in [1.54, 1.807) is 24.3 Å². The zero-order chi connectivity index (χ0) is 14.9. The Morgan fingerprint density at radius 2 is 1.60 bits per heavy atom. The summed E-state index contributed by atoms with van der Waals surface area (Å²) in [6.07, 6.45) is 2.72. The zero-order valence-electron chi connectivity index (χ0n) is 11.4. The van der Waals surface area contributed by atoms with Crippen LogP contribution in [0.3, 0.4) is 0 Å². The molecule has 0 saturated carbocycles. The number of nitrogens with zero attached hydrogens (tertiary/aromatic N) is 1. The SMILES string of the molecule is CC(C)(CC(N)=O)c1ccc(N2C(=O)C=CC2=O)cc1. The third-order valence-electron chi connectivity index (χ3n) is 3.33. The molecule has 1 aromatic carbocycles. The minimum atomic E-state index is -0.387. The van der Waals surface area contributed by atoms with Crippen molar-refractivity contribution in [3.8, 4) is 0 Å². The molecule has 0 unspecified atom stereocenters. The Hall–Kier alpha value is -2.43. The van der Waals surface area contributed by atoms with Crippen molar-refractivity contribution in [2.45, 2.75) is 25.7 Å². The van der Waals surface area contributed by atoms with Crippen molar-refractivity contribution < 1.29 is 14.4 Å². The van der Waals surface area contributed by atoms with Gasteiger partial charge in [-0.05, 0) is 23.1 Å². The van der Waals surface area contributed by atoms with Crippen molar-refractivity contribution in [2.24, 2.45) is 5.73 Å². The molecule has 1 aromatic rings. The largest absolute Gasteiger partial charge is 0.370 e. The van der Waals surface area contributed by atoms with Gasteiger partial charge in [-0.2, -0.15) is 0 Å². The van der Waals surface area contributed by atoms with Crippen LogP contribution in [0.25, 0.3) is 0 Å². The molecule has 2 rings (SSSR count). The molecule has 0 saturated heterocycles. The average Bonchev–Trinajstić information content (AvgIpc) is 2.68. The van der Waals surface area contributed by atoms with Gasteiger partial charge >= 0.3 is 0 Å². The van der Waals surface area contributed by atoms with E-state index in [0.717, 1.165) is 10.5 Å². The second-order valence-electron chi connectivity index (χ2n) is 5.42. The van der Waals surface area contributed by atoms with Crippen molar-refractivity contribution in [3.05, 3.63) is 42.0 Å². The number of hydrogen-bond donors (Lipinski definition) is 1. The van der Waals surface area contributed by atoms with E-state index in [-0.39, 0.29) is 29.6 Å². The minimum absolute atomic E-state index is 0.232. The minimum Gasteiger partial charge on any atom is -0.370 e. The van der Waals surface area contributed by atoms with Gasteiger partial charge in [0.1, 0.15) is 0 Å². The normalized spacial score (nSPS) is 15.0. The number of carbonyl (C=O) groups excluding carboxylic acids is 3. The van der Waals surface area contributed by atoms with E-state index in [1.807, 2.05) is 13.8 Å². The van der Waals surface area contributed by atoms with Gasteiger partial charge in [-0.15, -0.1) is 0 Å². The summed E-state index contributed by atoms with van der Waals surface area (Å²) in [6, 6.07) is 7.00. The molecule has 0 radical (unpaired) electrons. The summed E-state index contributed by atoms with van der Waals surface area (Å²) in [5.41, 5.74) is 6.29. The molecule has 0 bridgehead atoms. The van der Waals surface area contributed by atoms with Crippen LogP contribution >= 0.6 is 0 Å². The van der Waals surface area contributed by atoms with E-state index in [0.29, 0.717) is 5.69 Å². The number of benzene rings is 1. The van der Waals surface area contributed by atoms with Gasteiger partial charge in [0.25, 0.3) is 11.8 Å². The van der Waals surface area contributed by atoms with Gasteiger partial charge in [0.15, 0.2) is 0 Å². The second-order valence-corrected chi connectivity index (χ2v) is 5.42. The van der Waals surface area contributed by atoms with E-state index in [1.165, 1.54) is 12.2 Å². The smallest absolute Gasteiger partial charge is 0.258 e. The molecule has 2 N–H and O–H groups in total. The third-order valence-corrected chi connectivity index (χ3v) is 3.33. The molecule has 3 amide bonds. The number of rotatable bonds is 4. The molecule has 5 nitrogen and oxygen atoms in total. The van der Waals surface area contributed by atoms with Gasteiger partial charge in [0.2, 0.25) is 5.91 Å². The molecule has 0 atom stereocenters. The maximum Gasteiger partial charge on any atom is 0.258 e. The fraction of sp³-hybridized carbons (Fsp3) is 0.267. The van der Waals surface area contributed by atoms with Crippen LogP contribution in [0.15, 0.2) is 36.4 Å². The highest BCUT2D eigenvalue weighted by Crippen LogP contribution is 2.29. The van der Waals surface area contributed by atoms with Crippen LogP contribution in [0.2, 0.25) is 0 Å². The number of imide groups is 1. The molecule has 0 aliphatic carbocycles. The molecule has 1 aliphatic rings. The van der Waals surface area contributed by atoms with Gasteiger partial charge in [-0.1, -0.05) is 26.0 Å². The lowest BCUT2D eigenvalue weighted by molar-refractivity contribution is -0.120. The first kappa shape index (κ1) is 14.0. The second kappa shape index (κ2) is 4.92. The summed E-state index contributed by atoms with van der Waals surface area (Å²) in [4.78, 5) is 35.3. The number of anilines is 1. The van der Waals surface area contributed by atoms with Crippen molar-refractivity contribution >= 4 is 23.4 Å². The first-order valence-corrected chi connectivity index (χ1v) is 6.26. The summed E-state index contributed by atoms with van der Waals surface area (Å²) in [7, 11) is 0. The molecule has 1 heterocycles. The van der Waals surface area contributed by atoms with Crippen molar-refractivity contribution in [1.29, 1.82) is 0 Å². The fourth-order valence-corrected chi connectivity index (χ4v) is 2.25. The molecule has 0 aromatic heterocycles. The highest BCUT2D eigenvalue weighted by Gasteiger charge is 2.27. The van der Waals surface area contributed by atoms with Gasteiger partial charge < -0.3 is 5.73 Å². The summed E-state index contributed by atoms with van der Waals surface area (Å²) < 4.78 is 0. The summed E-state index contributed by atoms with van der Waals surface area (Å²) in [5, 5.41) is 0. The standard InChI is InChI=1S/C15H16N2O3/c1-15(2,9-12(16)18)10-3-5-11(6-4-10)17-13(19)7-8-14(17)20/h3-8H,9H2,1-2H3,(H2,16,18). The van der Waals surface area contributed by atoms with Crippen molar-refractivity contribution in [1.82, 2.24) is 0 Å². The summed E-state index contributed by atoms with van der Waals surface area (Å²) >= 11 is 0.